The second-order valence-electron chi connectivity index (χ2n) is 7.51. The highest BCUT2D eigenvalue weighted by molar-refractivity contribution is 5.74. The molecule has 0 aliphatic carbocycles. The highest BCUT2D eigenvalue weighted by atomic mass is 16.4. The van der Waals surface area contributed by atoms with E-state index in [0.29, 0.717) is 10.9 Å². The molecule has 0 heterocycles. The van der Waals surface area contributed by atoms with Crippen molar-refractivity contribution in [2.45, 2.75) is 90.0 Å². The van der Waals surface area contributed by atoms with Gasteiger partial charge in [0.2, 0.25) is 0 Å². The van der Waals surface area contributed by atoms with Crippen LogP contribution in [0, 0.1) is 0 Å². The fourth-order valence-electron chi connectivity index (χ4n) is 2.67. The van der Waals surface area contributed by atoms with Crippen LogP contribution in [0.3, 0.4) is 0 Å². The summed E-state index contributed by atoms with van der Waals surface area (Å²) >= 11 is 0. The number of hydrogen-bond acceptors (Lipinski definition) is 2. The SMILES string of the molecule is CCCCCCCCCCCCC(C)(C(=O)[O-])[N+](C)(C)C. The third-order valence-corrected chi connectivity index (χ3v) is 4.94. The second-order valence-corrected chi connectivity index (χ2v) is 7.51. The Hall–Kier alpha value is -0.570. The Labute approximate surface area is 132 Å². The van der Waals surface area contributed by atoms with Crippen LogP contribution in [0.2, 0.25) is 0 Å². The second kappa shape index (κ2) is 10.2. The third kappa shape index (κ3) is 7.85. The number of hydrogen-bond donors (Lipinski definition) is 0. The lowest BCUT2D eigenvalue weighted by molar-refractivity contribution is -0.914. The highest BCUT2D eigenvalue weighted by Crippen LogP contribution is 2.25. The van der Waals surface area contributed by atoms with Crippen LogP contribution in [-0.2, 0) is 4.79 Å². The van der Waals surface area contributed by atoms with E-state index in [1.54, 1.807) is 0 Å². The largest absolute Gasteiger partial charge is 0.544 e. The van der Waals surface area contributed by atoms with Crippen LogP contribution in [0.4, 0.5) is 0 Å². The van der Waals surface area contributed by atoms with E-state index < -0.39 is 11.5 Å². The first-order valence-corrected chi connectivity index (χ1v) is 8.78. The predicted octanol–water partition coefficient (Wildman–Crippen LogP) is 3.51. The highest BCUT2D eigenvalue weighted by Gasteiger charge is 2.38. The van der Waals surface area contributed by atoms with Crippen molar-refractivity contribution >= 4 is 5.97 Å². The standard InChI is InChI=1S/C18H37NO2/c1-6-7-8-9-10-11-12-13-14-15-16-18(2,17(20)21)19(3,4)5/h6-16H2,1-5H3. The summed E-state index contributed by atoms with van der Waals surface area (Å²) in [6.07, 6.45) is 13.5. The van der Waals surface area contributed by atoms with Gasteiger partial charge in [-0.2, -0.15) is 0 Å². The van der Waals surface area contributed by atoms with Gasteiger partial charge in [-0.1, -0.05) is 64.7 Å². The molecule has 0 saturated heterocycles. The van der Waals surface area contributed by atoms with Crippen LogP contribution in [0.5, 0.6) is 0 Å². The third-order valence-electron chi connectivity index (χ3n) is 4.94. The molecule has 1 atom stereocenters. The zero-order chi connectivity index (χ0) is 16.4. The van der Waals surface area contributed by atoms with Gasteiger partial charge >= 0.3 is 0 Å². The number of unbranched alkanes of at least 4 members (excludes halogenated alkanes) is 9. The van der Waals surface area contributed by atoms with Gasteiger partial charge < -0.3 is 14.4 Å². The Morgan fingerprint density at radius 3 is 1.57 bits per heavy atom. The minimum Gasteiger partial charge on any atom is -0.544 e. The zero-order valence-electron chi connectivity index (χ0n) is 15.0. The molecule has 3 heteroatoms. The van der Waals surface area contributed by atoms with Crippen molar-refractivity contribution in [2.24, 2.45) is 0 Å². The van der Waals surface area contributed by atoms with E-state index in [0.717, 1.165) is 12.8 Å². The minimum absolute atomic E-state index is 0.423. The van der Waals surface area contributed by atoms with Crippen LogP contribution in [0.15, 0.2) is 0 Å². The van der Waals surface area contributed by atoms with Crippen LogP contribution in [0.1, 0.15) is 84.5 Å². The van der Waals surface area contributed by atoms with Gasteiger partial charge in [-0.05, 0) is 13.3 Å². The fourth-order valence-corrected chi connectivity index (χ4v) is 2.67. The summed E-state index contributed by atoms with van der Waals surface area (Å²) in [5.41, 5.74) is -0.778. The average molecular weight is 299 g/mol. The molecule has 0 aliphatic heterocycles. The number of carbonyl (C=O) groups is 1. The van der Waals surface area contributed by atoms with E-state index in [4.69, 9.17) is 0 Å². The summed E-state index contributed by atoms with van der Waals surface area (Å²) in [7, 11) is 5.81. The lowest BCUT2D eigenvalue weighted by atomic mass is 9.91. The number of carbonyl (C=O) groups excluding carboxylic acids is 1. The average Bonchev–Trinajstić information content (AvgIpc) is 2.39. The molecule has 0 aliphatic rings. The van der Waals surface area contributed by atoms with E-state index in [1.165, 1.54) is 51.4 Å². The number of aliphatic carboxylic acids is 1. The molecule has 126 valence electrons. The normalized spacial score (nSPS) is 14.9. The van der Waals surface area contributed by atoms with Gasteiger partial charge in [-0.15, -0.1) is 0 Å². The quantitative estimate of drug-likeness (QED) is 0.386. The molecule has 0 bridgehead atoms. The van der Waals surface area contributed by atoms with Crippen molar-refractivity contribution in [1.82, 2.24) is 0 Å². The van der Waals surface area contributed by atoms with Gasteiger partial charge in [-0.25, -0.2) is 0 Å². The van der Waals surface area contributed by atoms with Gasteiger partial charge in [0.1, 0.15) is 11.5 Å². The number of rotatable bonds is 13. The number of nitrogens with zero attached hydrogens (tertiary/aromatic N) is 1. The summed E-state index contributed by atoms with van der Waals surface area (Å²) in [6.45, 7) is 4.06. The Balaban J connectivity index is 3.72. The van der Waals surface area contributed by atoms with Crippen LogP contribution in [0.25, 0.3) is 0 Å². The Kier molecular flexibility index (Phi) is 9.93. The van der Waals surface area contributed by atoms with Gasteiger partial charge in [0.05, 0.1) is 21.1 Å². The summed E-state index contributed by atoms with van der Waals surface area (Å²) < 4.78 is 0.423. The molecular weight excluding hydrogens is 262 g/mol. The van der Waals surface area contributed by atoms with Crippen molar-refractivity contribution in [3.8, 4) is 0 Å². The van der Waals surface area contributed by atoms with Crippen molar-refractivity contribution < 1.29 is 14.4 Å². The molecule has 0 fully saturated rings. The lowest BCUT2D eigenvalue weighted by Crippen LogP contribution is -2.64. The maximum absolute atomic E-state index is 11.4. The Bertz CT molecular complexity index is 283. The first-order chi connectivity index (χ1) is 9.75. The molecule has 0 radical (unpaired) electrons. The van der Waals surface area contributed by atoms with Gasteiger partial charge in [0, 0.05) is 6.42 Å². The monoisotopic (exact) mass is 299 g/mol. The molecule has 0 amide bonds. The molecule has 0 aromatic heterocycles. The minimum atomic E-state index is -0.925. The Morgan fingerprint density at radius 1 is 0.857 bits per heavy atom. The topological polar surface area (TPSA) is 40.1 Å². The van der Waals surface area contributed by atoms with E-state index >= 15 is 0 Å². The van der Waals surface area contributed by atoms with Crippen molar-refractivity contribution in [2.75, 3.05) is 21.1 Å². The van der Waals surface area contributed by atoms with Crippen LogP contribution < -0.4 is 5.11 Å². The molecule has 1 unspecified atom stereocenters. The maximum atomic E-state index is 11.4. The van der Waals surface area contributed by atoms with E-state index in [2.05, 4.69) is 6.92 Å². The summed E-state index contributed by atoms with van der Waals surface area (Å²) in [5, 5.41) is 11.4. The molecule has 0 rings (SSSR count). The first kappa shape index (κ1) is 20.4. The maximum Gasteiger partial charge on any atom is 0.136 e. The molecule has 0 aromatic rings. The van der Waals surface area contributed by atoms with Gasteiger partial charge in [-0.3, -0.25) is 0 Å². The molecular formula is C18H37NO2. The zero-order valence-corrected chi connectivity index (χ0v) is 15.0. The van der Waals surface area contributed by atoms with E-state index in [9.17, 15) is 9.90 Å². The van der Waals surface area contributed by atoms with Crippen LogP contribution >= 0.6 is 0 Å². The number of carboxylic acid groups (broad SMARTS) is 1. The van der Waals surface area contributed by atoms with E-state index in [1.807, 2.05) is 28.1 Å². The molecule has 0 saturated carbocycles. The molecule has 0 aromatic carbocycles. The van der Waals surface area contributed by atoms with Gasteiger partial charge in [0.15, 0.2) is 0 Å². The number of quaternary nitrogens is 1. The van der Waals surface area contributed by atoms with Gasteiger partial charge in [0.25, 0.3) is 0 Å². The molecule has 0 spiro atoms. The fraction of sp³-hybridized carbons (Fsp3) is 0.944. The smallest absolute Gasteiger partial charge is 0.136 e. The predicted molar refractivity (Wildman–Crippen MR) is 87.9 cm³/mol. The molecule has 3 nitrogen and oxygen atoms in total. The number of likely N-dealkylation sites (N-methyl/N-ethyl adjacent to an activating group) is 1. The summed E-state index contributed by atoms with van der Waals surface area (Å²) in [4.78, 5) is 11.4. The Morgan fingerprint density at radius 2 is 1.24 bits per heavy atom. The van der Waals surface area contributed by atoms with E-state index in [-0.39, 0.29) is 0 Å². The van der Waals surface area contributed by atoms with Crippen LogP contribution in [-0.4, -0.2) is 37.1 Å². The number of carboxylic acids is 1. The first-order valence-electron chi connectivity index (χ1n) is 8.78. The van der Waals surface area contributed by atoms with Crippen molar-refractivity contribution in [1.29, 1.82) is 0 Å². The lowest BCUT2D eigenvalue weighted by Gasteiger charge is -2.44. The molecule has 0 N–H and O–H groups in total. The summed E-state index contributed by atoms with van der Waals surface area (Å²) in [6, 6.07) is 0. The summed E-state index contributed by atoms with van der Waals surface area (Å²) in [5.74, 6) is -0.925. The molecule has 21 heavy (non-hydrogen) atoms. The van der Waals surface area contributed by atoms with Crippen molar-refractivity contribution in [3.05, 3.63) is 0 Å². The van der Waals surface area contributed by atoms with Crippen molar-refractivity contribution in [3.63, 3.8) is 0 Å².